The van der Waals surface area contributed by atoms with Crippen molar-refractivity contribution in [1.82, 2.24) is 9.97 Å². The number of esters is 1. The minimum Gasteiger partial charge on any atom is -0.444 e. The van der Waals surface area contributed by atoms with Crippen molar-refractivity contribution in [2.75, 3.05) is 5.32 Å². The number of ether oxygens (including phenoxy) is 3. The predicted molar refractivity (Wildman–Crippen MR) is 129 cm³/mol. The van der Waals surface area contributed by atoms with Gasteiger partial charge in [-0.15, -0.1) is 0 Å². The summed E-state index contributed by atoms with van der Waals surface area (Å²) in [5, 5.41) is 2.80. The van der Waals surface area contributed by atoms with Gasteiger partial charge in [0.05, 0.1) is 10.7 Å². The number of aromatic nitrogens is 2. The van der Waals surface area contributed by atoms with Gasteiger partial charge in [0.1, 0.15) is 17.0 Å². The first kappa shape index (κ1) is 25.9. The third-order valence-electron chi connectivity index (χ3n) is 4.33. The Hall–Kier alpha value is -3.72. The van der Waals surface area contributed by atoms with Crippen LogP contribution in [0.25, 0.3) is 11.3 Å². The van der Waals surface area contributed by atoms with Gasteiger partial charge in [0.25, 0.3) is 5.88 Å². The van der Waals surface area contributed by atoms with Crippen molar-refractivity contribution in [2.24, 2.45) is 0 Å². The minimum absolute atomic E-state index is 0.132. The third kappa shape index (κ3) is 7.38. The standard InChI is InChI=1S/C25H25ClFN3O5/c1-5-6-20(31)34-19-11-12-28-21(22(19)30-24(32)35-25(2,3)4)15-7-9-17(10-8-15)33-23-18(27)13-16(26)14-29-23/h7-14H,5-6H2,1-4H3,(H,30,32). The zero-order valence-electron chi connectivity index (χ0n) is 19.7. The Kier molecular flexibility index (Phi) is 8.24. The number of anilines is 1. The fourth-order valence-electron chi connectivity index (χ4n) is 2.92. The van der Waals surface area contributed by atoms with Gasteiger partial charge in [-0.3, -0.25) is 15.1 Å². The van der Waals surface area contributed by atoms with Crippen LogP contribution in [-0.4, -0.2) is 27.6 Å². The molecule has 0 radical (unpaired) electrons. The van der Waals surface area contributed by atoms with E-state index >= 15 is 0 Å². The Labute approximate surface area is 207 Å². The summed E-state index contributed by atoms with van der Waals surface area (Å²) >= 11 is 5.72. The first-order valence-electron chi connectivity index (χ1n) is 10.8. The van der Waals surface area contributed by atoms with Gasteiger partial charge >= 0.3 is 12.1 Å². The van der Waals surface area contributed by atoms with Crippen molar-refractivity contribution >= 4 is 29.4 Å². The molecular formula is C25H25ClFN3O5. The molecule has 0 aliphatic rings. The Morgan fingerprint density at radius 3 is 2.46 bits per heavy atom. The van der Waals surface area contributed by atoms with Crippen LogP contribution in [0.5, 0.6) is 17.4 Å². The maximum Gasteiger partial charge on any atom is 0.412 e. The van der Waals surface area contributed by atoms with Crippen molar-refractivity contribution in [2.45, 2.75) is 46.1 Å². The molecule has 0 bridgehead atoms. The maximum absolute atomic E-state index is 14.0. The average molecular weight is 502 g/mol. The van der Waals surface area contributed by atoms with Gasteiger partial charge in [-0.05, 0) is 57.5 Å². The highest BCUT2D eigenvalue weighted by atomic mass is 35.5. The molecule has 3 rings (SSSR count). The zero-order valence-corrected chi connectivity index (χ0v) is 20.5. The van der Waals surface area contributed by atoms with E-state index < -0.39 is 23.5 Å². The molecule has 0 fully saturated rings. The summed E-state index contributed by atoms with van der Waals surface area (Å²) in [7, 11) is 0. The summed E-state index contributed by atoms with van der Waals surface area (Å²) in [5.41, 5.74) is 0.335. The molecular weight excluding hydrogens is 477 g/mol. The number of nitrogens with one attached hydrogen (secondary N) is 1. The summed E-state index contributed by atoms with van der Waals surface area (Å²) in [4.78, 5) is 32.9. The molecule has 10 heteroatoms. The highest BCUT2D eigenvalue weighted by Crippen LogP contribution is 2.36. The van der Waals surface area contributed by atoms with Crippen LogP contribution < -0.4 is 14.8 Å². The van der Waals surface area contributed by atoms with Gasteiger partial charge in [-0.25, -0.2) is 14.2 Å². The van der Waals surface area contributed by atoms with E-state index in [2.05, 4.69) is 15.3 Å². The van der Waals surface area contributed by atoms with E-state index in [0.29, 0.717) is 23.4 Å². The lowest BCUT2D eigenvalue weighted by molar-refractivity contribution is -0.134. The second-order valence-electron chi connectivity index (χ2n) is 8.45. The molecule has 0 saturated carbocycles. The largest absolute Gasteiger partial charge is 0.444 e. The molecule has 35 heavy (non-hydrogen) atoms. The number of halogens is 2. The molecule has 1 N–H and O–H groups in total. The number of hydrogen-bond acceptors (Lipinski definition) is 7. The number of rotatable bonds is 7. The van der Waals surface area contributed by atoms with Crippen molar-refractivity contribution < 1.29 is 28.2 Å². The van der Waals surface area contributed by atoms with Crippen molar-refractivity contribution in [3.8, 4) is 28.6 Å². The van der Waals surface area contributed by atoms with Gasteiger partial charge in [0.15, 0.2) is 11.6 Å². The van der Waals surface area contributed by atoms with E-state index in [1.165, 1.54) is 18.5 Å². The van der Waals surface area contributed by atoms with E-state index in [0.717, 1.165) is 6.07 Å². The second-order valence-corrected chi connectivity index (χ2v) is 8.89. The first-order valence-corrected chi connectivity index (χ1v) is 11.2. The van der Waals surface area contributed by atoms with Crippen LogP contribution in [0.15, 0.2) is 48.8 Å². The van der Waals surface area contributed by atoms with E-state index in [9.17, 15) is 14.0 Å². The second kappa shape index (κ2) is 11.1. The van der Waals surface area contributed by atoms with Crippen LogP contribution >= 0.6 is 11.6 Å². The van der Waals surface area contributed by atoms with Crippen LogP contribution in [0.4, 0.5) is 14.9 Å². The molecule has 0 spiro atoms. The minimum atomic E-state index is -0.741. The van der Waals surface area contributed by atoms with E-state index in [-0.39, 0.29) is 28.8 Å². The van der Waals surface area contributed by atoms with E-state index in [1.54, 1.807) is 45.0 Å². The lowest BCUT2D eigenvalue weighted by Gasteiger charge is -2.21. The highest BCUT2D eigenvalue weighted by molar-refractivity contribution is 6.30. The number of nitrogens with zero attached hydrogens (tertiary/aromatic N) is 2. The maximum atomic E-state index is 14.0. The number of amides is 1. The van der Waals surface area contributed by atoms with E-state index in [1.807, 2.05) is 6.92 Å². The fourth-order valence-corrected chi connectivity index (χ4v) is 3.07. The summed E-state index contributed by atoms with van der Waals surface area (Å²) in [6, 6.07) is 9.06. The number of carbonyl (C=O) groups excluding carboxylic acids is 2. The molecule has 0 unspecified atom stereocenters. The molecule has 3 aromatic rings. The molecule has 184 valence electrons. The first-order chi connectivity index (χ1) is 16.6. The van der Waals surface area contributed by atoms with Crippen molar-refractivity contribution in [3.05, 3.63) is 59.6 Å². The van der Waals surface area contributed by atoms with Gasteiger partial charge in [0.2, 0.25) is 0 Å². The number of carbonyl (C=O) groups is 2. The van der Waals surface area contributed by atoms with Gasteiger partial charge in [0, 0.05) is 30.4 Å². The topological polar surface area (TPSA) is 99.6 Å². The summed E-state index contributed by atoms with van der Waals surface area (Å²) in [6.45, 7) is 7.05. The highest BCUT2D eigenvalue weighted by Gasteiger charge is 2.22. The van der Waals surface area contributed by atoms with Crippen LogP contribution in [0, 0.1) is 5.82 Å². The SMILES string of the molecule is CCCC(=O)Oc1ccnc(-c2ccc(Oc3ncc(Cl)cc3F)cc2)c1NC(=O)OC(C)(C)C. The molecule has 8 nitrogen and oxygen atoms in total. The number of benzene rings is 1. The average Bonchev–Trinajstić information content (AvgIpc) is 2.76. The molecule has 0 aliphatic heterocycles. The molecule has 0 saturated heterocycles. The zero-order chi connectivity index (χ0) is 25.6. The monoisotopic (exact) mass is 501 g/mol. The van der Waals surface area contributed by atoms with Crippen LogP contribution in [0.3, 0.4) is 0 Å². The Balaban J connectivity index is 1.93. The smallest absolute Gasteiger partial charge is 0.412 e. The third-order valence-corrected chi connectivity index (χ3v) is 4.54. The normalized spacial score (nSPS) is 11.0. The van der Waals surface area contributed by atoms with Crippen LogP contribution in [0.2, 0.25) is 5.02 Å². The number of pyridine rings is 2. The Morgan fingerprint density at radius 1 is 1.11 bits per heavy atom. The molecule has 2 aromatic heterocycles. The van der Waals surface area contributed by atoms with Crippen molar-refractivity contribution in [1.29, 1.82) is 0 Å². The molecule has 1 amide bonds. The van der Waals surface area contributed by atoms with Crippen molar-refractivity contribution in [3.63, 3.8) is 0 Å². The predicted octanol–water partition coefficient (Wildman–Crippen LogP) is 6.78. The lowest BCUT2D eigenvalue weighted by Crippen LogP contribution is -2.27. The van der Waals surface area contributed by atoms with E-state index in [4.69, 9.17) is 25.8 Å². The van der Waals surface area contributed by atoms with Crippen LogP contribution in [0.1, 0.15) is 40.5 Å². The summed E-state index contributed by atoms with van der Waals surface area (Å²) < 4.78 is 30.3. The summed E-state index contributed by atoms with van der Waals surface area (Å²) in [5.74, 6) is -0.925. The lowest BCUT2D eigenvalue weighted by atomic mass is 10.1. The van der Waals surface area contributed by atoms with Gasteiger partial charge in [-0.2, -0.15) is 0 Å². The Morgan fingerprint density at radius 2 is 1.83 bits per heavy atom. The number of hydrogen-bond donors (Lipinski definition) is 1. The summed E-state index contributed by atoms with van der Waals surface area (Å²) in [6.07, 6.45) is 2.82. The molecule has 0 aliphatic carbocycles. The van der Waals surface area contributed by atoms with Gasteiger partial charge < -0.3 is 14.2 Å². The van der Waals surface area contributed by atoms with Gasteiger partial charge in [-0.1, -0.05) is 18.5 Å². The molecule has 1 aromatic carbocycles. The molecule has 2 heterocycles. The quantitative estimate of drug-likeness (QED) is 0.356. The van der Waals surface area contributed by atoms with Crippen LogP contribution in [-0.2, 0) is 9.53 Å². The Bertz CT molecular complexity index is 1210. The molecule has 0 atom stereocenters. The fraction of sp³-hybridized carbons (Fsp3) is 0.280.